The Morgan fingerprint density at radius 1 is 1.20 bits per heavy atom. The minimum atomic E-state index is -0.749. The van der Waals surface area contributed by atoms with Gasteiger partial charge in [-0.15, -0.1) is 5.10 Å². The minimum absolute atomic E-state index is 0.0330. The van der Waals surface area contributed by atoms with Crippen LogP contribution >= 0.6 is 0 Å². The van der Waals surface area contributed by atoms with E-state index in [9.17, 15) is 14.4 Å². The molecule has 2 rings (SSSR count). The van der Waals surface area contributed by atoms with Crippen molar-refractivity contribution < 1.29 is 19.1 Å². The number of aromatic nitrogens is 3. The van der Waals surface area contributed by atoms with Crippen LogP contribution in [0.15, 0.2) is 30.3 Å². The number of ether oxygens (including phenoxy) is 1. The lowest BCUT2D eigenvalue weighted by atomic mass is 10.3. The van der Waals surface area contributed by atoms with Crippen LogP contribution in [0.1, 0.15) is 16.2 Å². The lowest BCUT2D eigenvalue weighted by Gasteiger charge is -2.15. The predicted molar refractivity (Wildman–Crippen MR) is 88.1 cm³/mol. The van der Waals surface area contributed by atoms with Crippen molar-refractivity contribution in [1.82, 2.24) is 25.2 Å². The van der Waals surface area contributed by atoms with Gasteiger partial charge in [0.2, 0.25) is 5.91 Å². The summed E-state index contributed by atoms with van der Waals surface area (Å²) in [5, 5.41) is 10.7. The number of carbonyl (C=O) groups is 3. The Labute approximate surface area is 144 Å². The molecule has 25 heavy (non-hydrogen) atoms. The van der Waals surface area contributed by atoms with Crippen molar-refractivity contribution in [3.05, 3.63) is 41.7 Å². The van der Waals surface area contributed by atoms with Crippen LogP contribution in [0.25, 0.3) is 5.69 Å². The van der Waals surface area contributed by atoms with Crippen LogP contribution in [-0.2, 0) is 14.3 Å². The minimum Gasteiger partial charge on any atom is -0.451 e. The van der Waals surface area contributed by atoms with Crippen molar-refractivity contribution >= 4 is 17.8 Å². The van der Waals surface area contributed by atoms with Gasteiger partial charge in [-0.2, -0.15) is 9.90 Å². The maximum absolute atomic E-state index is 12.1. The SMILES string of the molecule is CNC(=O)CN(C)C(=O)COC(=O)c1nn(-c2ccccc2)nc1C. The molecule has 9 nitrogen and oxygen atoms in total. The molecule has 0 radical (unpaired) electrons. The first kappa shape index (κ1) is 18.1. The maximum atomic E-state index is 12.1. The molecule has 1 aromatic heterocycles. The Morgan fingerprint density at radius 2 is 1.88 bits per heavy atom. The number of rotatable bonds is 6. The number of nitrogens with one attached hydrogen (secondary N) is 1. The quantitative estimate of drug-likeness (QED) is 0.735. The van der Waals surface area contributed by atoms with E-state index >= 15 is 0 Å². The molecule has 1 N–H and O–H groups in total. The van der Waals surface area contributed by atoms with Gasteiger partial charge in [0, 0.05) is 14.1 Å². The molecule has 0 spiro atoms. The average Bonchev–Trinajstić information content (AvgIpc) is 3.01. The normalized spacial score (nSPS) is 10.2. The molecule has 1 aromatic carbocycles. The number of hydrogen-bond donors (Lipinski definition) is 1. The summed E-state index contributed by atoms with van der Waals surface area (Å²) < 4.78 is 4.98. The molecule has 2 aromatic rings. The fraction of sp³-hybridized carbons (Fsp3) is 0.312. The molecular weight excluding hydrogens is 326 g/mol. The molecule has 0 aliphatic carbocycles. The number of hydrogen-bond acceptors (Lipinski definition) is 6. The van der Waals surface area contributed by atoms with Crippen LogP contribution in [0.4, 0.5) is 0 Å². The van der Waals surface area contributed by atoms with Crippen LogP contribution in [-0.4, -0.2) is 64.9 Å². The molecule has 0 fully saturated rings. The number of esters is 1. The van der Waals surface area contributed by atoms with Gasteiger partial charge in [0.15, 0.2) is 12.3 Å². The van der Waals surface area contributed by atoms with E-state index < -0.39 is 18.5 Å². The smallest absolute Gasteiger partial charge is 0.361 e. The van der Waals surface area contributed by atoms with Crippen LogP contribution in [0.5, 0.6) is 0 Å². The van der Waals surface area contributed by atoms with Crippen molar-refractivity contribution in [3.8, 4) is 5.69 Å². The van der Waals surface area contributed by atoms with Crippen LogP contribution in [0.3, 0.4) is 0 Å². The van der Waals surface area contributed by atoms with Gasteiger partial charge in [-0.3, -0.25) is 9.59 Å². The van der Waals surface area contributed by atoms with E-state index in [1.165, 1.54) is 23.8 Å². The summed E-state index contributed by atoms with van der Waals surface area (Å²) in [6, 6.07) is 9.10. The third-order valence-electron chi connectivity index (χ3n) is 3.37. The van der Waals surface area contributed by atoms with Gasteiger partial charge >= 0.3 is 5.97 Å². The second-order valence-corrected chi connectivity index (χ2v) is 5.26. The summed E-state index contributed by atoms with van der Waals surface area (Å²) in [4.78, 5) is 37.7. The first-order valence-corrected chi connectivity index (χ1v) is 7.53. The first-order chi connectivity index (χ1) is 11.9. The third-order valence-corrected chi connectivity index (χ3v) is 3.37. The second-order valence-electron chi connectivity index (χ2n) is 5.26. The fourth-order valence-electron chi connectivity index (χ4n) is 1.93. The van der Waals surface area contributed by atoms with E-state index in [4.69, 9.17) is 4.74 Å². The summed E-state index contributed by atoms with van der Waals surface area (Å²) in [5.41, 5.74) is 1.12. The van der Waals surface area contributed by atoms with E-state index in [1.807, 2.05) is 18.2 Å². The Balaban J connectivity index is 1.98. The Hall–Kier alpha value is -3.23. The summed E-state index contributed by atoms with van der Waals surface area (Å²) in [6.45, 7) is 1.03. The lowest BCUT2D eigenvalue weighted by molar-refractivity contribution is -0.137. The number of benzene rings is 1. The zero-order valence-electron chi connectivity index (χ0n) is 14.2. The molecule has 9 heteroatoms. The average molecular weight is 345 g/mol. The molecule has 0 bridgehead atoms. The zero-order valence-corrected chi connectivity index (χ0v) is 14.2. The molecule has 2 amide bonds. The molecule has 0 unspecified atom stereocenters. The summed E-state index contributed by atoms with van der Waals surface area (Å²) in [5.74, 6) is -1.56. The first-order valence-electron chi connectivity index (χ1n) is 7.53. The molecule has 1 heterocycles. The molecular formula is C16H19N5O4. The van der Waals surface area contributed by atoms with Crippen LogP contribution in [0, 0.1) is 6.92 Å². The van der Waals surface area contributed by atoms with Gasteiger partial charge in [0.05, 0.1) is 17.9 Å². The zero-order chi connectivity index (χ0) is 18.4. The number of amides is 2. The van der Waals surface area contributed by atoms with E-state index in [0.29, 0.717) is 11.4 Å². The monoisotopic (exact) mass is 345 g/mol. The van der Waals surface area contributed by atoms with Crippen molar-refractivity contribution in [1.29, 1.82) is 0 Å². The number of nitrogens with zero attached hydrogens (tertiary/aromatic N) is 4. The molecule has 0 atom stereocenters. The maximum Gasteiger partial charge on any atom is 0.361 e. The van der Waals surface area contributed by atoms with Crippen molar-refractivity contribution in [2.45, 2.75) is 6.92 Å². The predicted octanol–water partition coefficient (Wildman–Crippen LogP) is -0.0631. The number of para-hydroxylation sites is 1. The number of likely N-dealkylation sites (N-methyl/N-ethyl adjacent to an activating group) is 2. The van der Waals surface area contributed by atoms with Gasteiger partial charge in [-0.25, -0.2) is 4.79 Å². The topological polar surface area (TPSA) is 106 Å². The highest BCUT2D eigenvalue weighted by Crippen LogP contribution is 2.09. The summed E-state index contributed by atoms with van der Waals surface area (Å²) in [7, 11) is 2.92. The van der Waals surface area contributed by atoms with E-state index in [0.717, 1.165) is 0 Å². The molecule has 0 aliphatic heterocycles. The number of aryl methyl sites for hydroxylation is 1. The standard InChI is InChI=1S/C16H19N5O4/c1-11-15(19-21(18-11)12-7-5-4-6-8-12)16(24)25-10-14(23)20(3)9-13(22)17-2/h4-8H,9-10H2,1-3H3,(H,17,22). The Bertz CT molecular complexity index is 772. The number of carbonyl (C=O) groups excluding carboxylic acids is 3. The second kappa shape index (κ2) is 8.04. The molecule has 132 valence electrons. The van der Waals surface area contributed by atoms with Gasteiger partial charge in [0.1, 0.15) is 0 Å². The summed E-state index contributed by atoms with van der Waals surface area (Å²) >= 11 is 0. The fourth-order valence-corrected chi connectivity index (χ4v) is 1.93. The Kier molecular flexibility index (Phi) is 5.83. The van der Waals surface area contributed by atoms with Crippen molar-refractivity contribution in [2.24, 2.45) is 0 Å². The van der Waals surface area contributed by atoms with E-state index in [2.05, 4.69) is 15.5 Å². The third kappa shape index (κ3) is 4.63. The van der Waals surface area contributed by atoms with Gasteiger partial charge in [-0.1, -0.05) is 18.2 Å². The molecule has 0 aliphatic rings. The van der Waals surface area contributed by atoms with Crippen molar-refractivity contribution in [3.63, 3.8) is 0 Å². The van der Waals surface area contributed by atoms with E-state index in [1.54, 1.807) is 19.1 Å². The Morgan fingerprint density at radius 3 is 2.52 bits per heavy atom. The largest absolute Gasteiger partial charge is 0.451 e. The molecule has 0 saturated carbocycles. The lowest BCUT2D eigenvalue weighted by Crippen LogP contribution is -2.39. The van der Waals surface area contributed by atoms with Gasteiger partial charge in [0.25, 0.3) is 5.91 Å². The van der Waals surface area contributed by atoms with E-state index in [-0.39, 0.29) is 18.1 Å². The highest BCUT2D eigenvalue weighted by atomic mass is 16.5. The van der Waals surface area contributed by atoms with Gasteiger partial charge < -0.3 is 15.0 Å². The highest BCUT2D eigenvalue weighted by Gasteiger charge is 2.20. The van der Waals surface area contributed by atoms with Crippen molar-refractivity contribution in [2.75, 3.05) is 27.2 Å². The summed E-state index contributed by atoms with van der Waals surface area (Å²) in [6.07, 6.45) is 0. The van der Waals surface area contributed by atoms with Crippen LogP contribution < -0.4 is 5.32 Å². The highest BCUT2D eigenvalue weighted by molar-refractivity contribution is 5.91. The van der Waals surface area contributed by atoms with Crippen LogP contribution in [0.2, 0.25) is 0 Å². The van der Waals surface area contributed by atoms with Gasteiger partial charge in [-0.05, 0) is 19.1 Å². The molecule has 0 saturated heterocycles.